The van der Waals surface area contributed by atoms with Crippen molar-refractivity contribution < 1.29 is 9.53 Å². The Labute approximate surface area is 218 Å². The molecule has 1 saturated heterocycles. The fraction of sp³-hybridized carbons (Fsp3) is 0.414. The van der Waals surface area contributed by atoms with E-state index in [0.29, 0.717) is 36.3 Å². The third kappa shape index (κ3) is 6.02. The fourth-order valence-corrected chi connectivity index (χ4v) is 4.95. The number of pyridine rings is 2. The van der Waals surface area contributed by atoms with Gasteiger partial charge in [-0.2, -0.15) is 0 Å². The van der Waals surface area contributed by atoms with Gasteiger partial charge in [-0.3, -0.25) is 4.79 Å². The van der Waals surface area contributed by atoms with Gasteiger partial charge in [0.05, 0.1) is 12.2 Å². The number of nitrogens with one attached hydrogen (secondary N) is 3. The van der Waals surface area contributed by atoms with Crippen LogP contribution in [0.25, 0.3) is 0 Å². The molecule has 0 atom stereocenters. The maximum Gasteiger partial charge on any atom is 0.259 e. The highest BCUT2D eigenvalue weighted by molar-refractivity contribution is 6.07. The van der Waals surface area contributed by atoms with Crippen molar-refractivity contribution in [3.05, 3.63) is 71.5 Å². The van der Waals surface area contributed by atoms with E-state index in [4.69, 9.17) is 4.74 Å². The second-order valence-corrected chi connectivity index (χ2v) is 10.8. The van der Waals surface area contributed by atoms with Gasteiger partial charge in [-0.1, -0.05) is 19.9 Å². The van der Waals surface area contributed by atoms with Crippen molar-refractivity contribution in [3.63, 3.8) is 0 Å². The van der Waals surface area contributed by atoms with Crippen LogP contribution in [0, 0.1) is 5.92 Å². The molecule has 8 heteroatoms. The molecule has 2 aromatic heterocycles. The van der Waals surface area contributed by atoms with Gasteiger partial charge in [-0.25, -0.2) is 9.97 Å². The van der Waals surface area contributed by atoms with Crippen molar-refractivity contribution in [3.8, 4) is 5.88 Å². The number of carbonyl (C=O) groups excluding carboxylic acids is 1. The Hall–Kier alpha value is -3.65. The summed E-state index contributed by atoms with van der Waals surface area (Å²) in [5.41, 5.74) is 4.68. The summed E-state index contributed by atoms with van der Waals surface area (Å²) in [7, 11) is 2.16. The van der Waals surface area contributed by atoms with Crippen LogP contribution < -0.4 is 20.7 Å². The maximum atomic E-state index is 13.1. The van der Waals surface area contributed by atoms with Crippen molar-refractivity contribution in [1.29, 1.82) is 0 Å². The van der Waals surface area contributed by atoms with E-state index in [9.17, 15) is 4.79 Å². The third-order valence-electron chi connectivity index (χ3n) is 7.34. The van der Waals surface area contributed by atoms with E-state index in [-0.39, 0.29) is 11.3 Å². The second-order valence-electron chi connectivity index (χ2n) is 10.8. The average Bonchev–Trinajstić information content (AvgIpc) is 3.21. The van der Waals surface area contributed by atoms with Crippen LogP contribution in [-0.4, -0.2) is 54.1 Å². The number of ether oxygens (including phenoxy) is 1. The van der Waals surface area contributed by atoms with E-state index in [1.165, 1.54) is 5.56 Å². The minimum Gasteiger partial charge on any atom is -0.477 e. The molecule has 0 bridgehead atoms. The van der Waals surface area contributed by atoms with Crippen molar-refractivity contribution in [2.45, 2.75) is 38.6 Å². The normalized spacial score (nSPS) is 17.1. The zero-order valence-electron chi connectivity index (χ0n) is 21.9. The van der Waals surface area contributed by atoms with Crippen LogP contribution in [0.4, 0.5) is 17.2 Å². The lowest BCUT2D eigenvalue weighted by molar-refractivity contribution is 0.102. The van der Waals surface area contributed by atoms with E-state index in [1.807, 2.05) is 24.3 Å². The Bertz CT molecular complexity index is 1250. The van der Waals surface area contributed by atoms with E-state index in [2.05, 4.69) is 57.8 Å². The van der Waals surface area contributed by atoms with Crippen LogP contribution in [0.5, 0.6) is 5.88 Å². The minimum atomic E-state index is -0.204. The summed E-state index contributed by atoms with van der Waals surface area (Å²) < 4.78 is 6.00. The molecule has 8 nitrogen and oxygen atoms in total. The molecule has 0 radical (unpaired) electrons. The lowest BCUT2D eigenvalue weighted by atomic mass is 9.87. The van der Waals surface area contributed by atoms with Crippen molar-refractivity contribution in [1.82, 2.24) is 14.9 Å². The summed E-state index contributed by atoms with van der Waals surface area (Å²) >= 11 is 0. The number of aromatic nitrogens is 2. The van der Waals surface area contributed by atoms with Gasteiger partial charge in [0.2, 0.25) is 5.88 Å². The van der Waals surface area contributed by atoms with Gasteiger partial charge in [-0.05, 0) is 80.4 Å². The molecule has 3 N–H and O–H groups in total. The Morgan fingerprint density at radius 3 is 2.81 bits per heavy atom. The predicted octanol–water partition coefficient (Wildman–Crippen LogP) is 4.76. The van der Waals surface area contributed by atoms with Crippen LogP contribution in [0.2, 0.25) is 0 Å². The van der Waals surface area contributed by atoms with Gasteiger partial charge in [0.1, 0.15) is 5.82 Å². The number of hydrogen-bond donors (Lipinski definition) is 3. The topological polar surface area (TPSA) is 91.4 Å². The van der Waals surface area contributed by atoms with Gasteiger partial charge in [-0.15, -0.1) is 0 Å². The zero-order valence-corrected chi connectivity index (χ0v) is 21.9. The first-order chi connectivity index (χ1) is 17.9. The molecule has 0 saturated carbocycles. The second kappa shape index (κ2) is 10.8. The van der Waals surface area contributed by atoms with Crippen molar-refractivity contribution >= 4 is 23.1 Å². The molecule has 1 fully saturated rings. The lowest BCUT2D eigenvalue weighted by Crippen LogP contribution is -2.32. The summed E-state index contributed by atoms with van der Waals surface area (Å²) in [4.78, 5) is 24.3. The minimum absolute atomic E-state index is 0.0864. The van der Waals surface area contributed by atoms with E-state index in [0.717, 1.165) is 49.4 Å². The van der Waals surface area contributed by atoms with Crippen LogP contribution >= 0.6 is 0 Å². The molecule has 2 aliphatic heterocycles. The first-order valence-corrected chi connectivity index (χ1v) is 13.0. The average molecular weight is 501 g/mol. The predicted molar refractivity (Wildman–Crippen MR) is 147 cm³/mol. The SMILES string of the molecule is CN1CCC(COc2cc(CNc3ncccc3C(=O)Nc3ccc4c(c3)NCC4(C)C)ccn2)CC1. The zero-order chi connectivity index (χ0) is 25.8. The molecule has 0 unspecified atom stereocenters. The molecule has 0 spiro atoms. The standard InChI is InChI=1S/C29H36N6O2/c1-29(2)19-33-25-16-22(6-7-24(25)29)34-28(36)23-5-4-11-31-27(23)32-17-21-8-12-30-26(15-21)37-18-20-9-13-35(3)14-10-20/h4-8,11-12,15-16,20,33H,9-10,13-14,17-19H2,1-3H3,(H,31,32)(H,34,36). The van der Waals surface area contributed by atoms with Gasteiger partial charge in [0.25, 0.3) is 5.91 Å². The van der Waals surface area contributed by atoms with Crippen LogP contribution in [0.15, 0.2) is 54.9 Å². The Morgan fingerprint density at radius 1 is 1.14 bits per heavy atom. The molecule has 2 aliphatic rings. The molecule has 0 aliphatic carbocycles. The van der Waals surface area contributed by atoms with Crippen LogP contribution in [0.1, 0.15) is 48.2 Å². The molecule has 4 heterocycles. The largest absolute Gasteiger partial charge is 0.477 e. The monoisotopic (exact) mass is 500 g/mol. The fourth-order valence-electron chi connectivity index (χ4n) is 4.95. The Balaban J connectivity index is 1.20. The molecule has 1 amide bonds. The number of fused-ring (bicyclic) bond motifs is 1. The number of rotatable bonds is 8. The summed E-state index contributed by atoms with van der Waals surface area (Å²) in [6.45, 7) is 8.74. The quantitative estimate of drug-likeness (QED) is 0.411. The molecule has 37 heavy (non-hydrogen) atoms. The highest BCUT2D eigenvalue weighted by atomic mass is 16.5. The maximum absolute atomic E-state index is 13.1. The number of hydrogen-bond acceptors (Lipinski definition) is 7. The van der Waals surface area contributed by atoms with Crippen molar-refractivity contribution in [2.24, 2.45) is 5.92 Å². The van der Waals surface area contributed by atoms with E-state index < -0.39 is 0 Å². The first kappa shape index (κ1) is 25.0. The Kier molecular flexibility index (Phi) is 7.28. The number of amides is 1. The summed E-state index contributed by atoms with van der Waals surface area (Å²) in [5, 5.41) is 9.77. The van der Waals surface area contributed by atoms with Gasteiger partial charge in [0, 0.05) is 48.3 Å². The van der Waals surface area contributed by atoms with Gasteiger partial charge >= 0.3 is 0 Å². The highest BCUT2D eigenvalue weighted by Crippen LogP contribution is 2.37. The van der Waals surface area contributed by atoms with Gasteiger partial charge in [0.15, 0.2) is 0 Å². The number of nitrogens with zero attached hydrogens (tertiary/aromatic N) is 3. The number of benzene rings is 1. The van der Waals surface area contributed by atoms with Gasteiger partial charge < -0.3 is 25.6 Å². The number of piperidine rings is 1. The molecular weight excluding hydrogens is 464 g/mol. The van der Waals surface area contributed by atoms with E-state index >= 15 is 0 Å². The third-order valence-corrected chi connectivity index (χ3v) is 7.34. The summed E-state index contributed by atoms with van der Waals surface area (Å²) in [6.07, 6.45) is 5.75. The molecule has 194 valence electrons. The molecule has 1 aromatic carbocycles. The van der Waals surface area contributed by atoms with E-state index in [1.54, 1.807) is 24.5 Å². The van der Waals surface area contributed by atoms with Crippen LogP contribution in [-0.2, 0) is 12.0 Å². The molecular formula is C29H36N6O2. The highest BCUT2D eigenvalue weighted by Gasteiger charge is 2.29. The molecule has 5 rings (SSSR count). The Morgan fingerprint density at radius 2 is 1.97 bits per heavy atom. The number of likely N-dealkylation sites (tertiary alicyclic amines) is 1. The number of anilines is 3. The smallest absolute Gasteiger partial charge is 0.259 e. The lowest BCUT2D eigenvalue weighted by Gasteiger charge is -2.28. The van der Waals surface area contributed by atoms with Crippen LogP contribution in [0.3, 0.4) is 0 Å². The first-order valence-electron chi connectivity index (χ1n) is 13.0. The summed E-state index contributed by atoms with van der Waals surface area (Å²) in [5.74, 6) is 1.53. The number of carbonyl (C=O) groups is 1. The molecule has 3 aromatic rings. The van der Waals surface area contributed by atoms with Crippen molar-refractivity contribution in [2.75, 3.05) is 49.2 Å². The summed E-state index contributed by atoms with van der Waals surface area (Å²) in [6, 6.07) is 13.5.